The minimum atomic E-state index is 0.197. The molecule has 0 radical (unpaired) electrons. The largest absolute Gasteiger partial charge is 0.322 e. The highest BCUT2D eigenvalue weighted by Crippen LogP contribution is 2.27. The molecule has 2 atom stereocenters. The van der Waals surface area contributed by atoms with Crippen LogP contribution in [0.5, 0.6) is 0 Å². The molecule has 1 aromatic heterocycles. The van der Waals surface area contributed by atoms with Gasteiger partial charge in [-0.25, -0.2) is 0 Å². The lowest BCUT2D eigenvalue weighted by molar-refractivity contribution is 0.505. The van der Waals surface area contributed by atoms with Crippen LogP contribution >= 0.6 is 11.3 Å². The second-order valence-electron chi connectivity index (χ2n) is 3.70. The van der Waals surface area contributed by atoms with Crippen LogP contribution in [0.3, 0.4) is 0 Å². The minimum absolute atomic E-state index is 0.197. The number of aryl methyl sites for hydroxylation is 1. The first kappa shape index (κ1) is 9.19. The summed E-state index contributed by atoms with van der Waals surface area (Å²) in [5.74, 6) is 0. The van der Waals surface area contributed by atoms with E-state index in [0.29, 0.717) is 6.04 Å². The number of rotatable bonds is 2. The van der Waals surface area contributed by atoms with Crippen molar-refractivity contribution >= 4 is 11.3 Å². The Labute approximate surface area is 83.1 Å². The first-order valence-electron chi connectivity index (χ1n) is 4.82. The maximum Gasteiger partial charge on any atom is 0.0548 e. The number of hydrogen-bond donors (Lipinski definition) is 2. The highest BCUT2D eigenvalue weighted by molar-refractivity contribution is 7.10. The number of hydrogen-bond acceptors (Lipinski definition) is 3. The van der Waals surface area contributed by atoms with Gasteiger partial charge in [0, 0.05) is 10.9 Å². The molecule has 0 amide bonds. The smallest absolute Gasteiger partial charge is 0.0548 e. The van der Waals surface area contributed by atoms with Gasteiger partial charge in [0.25, 0.3) is 0 Å². The Bertz CT molecular complexity index is 276. The molecule has 0 aromatic carbocycles. The average Bonchev–Trinajstić information content (AvgIpc) is 2.72. The molecule has 2 heterocycles. The second kappa shape index (κ2) is 3.78. The predicted octanol–water partition coefficient (Wildman–Crippen LogP) is 1.81. The Morgan fingerprint density at radius 1 is 1.69 bits per heavy atom. The van der Waals surface area contributed by atoms with Crippen molar-refractivity contribution in [2.24, 2.45) is 5.73 Å². The van der Waals surface area contributed by atoms with Crippen LogP contribution in [-0.4, -0.2) is 12.6 Å². The topological polar surface area (TPSA) is 38.0 Å². The molecule has 0 spiro atoms. The van der Waals surface area contributed by atoms with Crippen LogP contribution < -0.4 is 11.1 Å². The Morgan fingerprint density at radius 2 is 2.54 bits per heavy atom. The summed E-state index contributed by atoms with van der Waals surface area (Å²) in [4.78, 5) is 1.35. The van der Waals surface area contributed by atoms with E-state index in [9.17, 15) is 0 Å². The summed E-state index contributed by atoms with van der Waals surface area (Å²) in [5, 5.41) is 5.58. The first-order chi connectivity index (χ1) is 6.29. The third-order valence-electron chi connectivity index (χ3n) is 2.74. The number of thiophene rings is 1. The van der Waals surface area contributed by atoms with Crippen molar-refractivity contribution in [2.45, 2.75) is 31.8 Å². The minimum Gasteiger partial charge on any atom is -0.322 e. The highest BCUT2D eigenvalue weighted by atomic mass is 32.1. The summed E-state index contributed by atoms with van der Waals surface area (Å²) in [7, 11) is 0. The van der Waals surface area contributed by atoms with Gasteiger partial charge >= 0.3 is 0 Å². The zero-order valence-electron chi connectivity index (χ0n) is 7.92. The lowest BCUT2D eigenvalue weighted by Gasteiger charge is -2.18. The summed E-state index contributed by atoms with van der Waals surface area (Å²) in [5.41, 5.74) is 7.53. The first-order valence-corrected chi connectivity index (χ1v) is 5.70. The number of nitrogens with two attached hydrogens (primary N) is 1. The van der Waals surface area contributed by atoms with Gasteiger partial charge in [-0.05, 0) is 43.3 Å². The van der Waals surface area contributed by atoms with E-state index in [1.807, 2.05) is 0 Å². The van der Waals surface area contributed by atoms with Gasteiger partial charge in [-0.1, -0.05) is 0 Å². The zero-order valence-corrected chi connectivity index (χ0v) is 8.73. The van der Waals surface area contributed by atoms with Crippen molar-refractivity contribution in [3.8, 4) is 0 Å². The molecular formula is C10H16N2S. The van der Waals surface area contributed by atoms with Crippen molar-refractivity contribution in [1.29, 1.82) is 0 Å². The van der Waals surface area contributed by atoms with Crippen LogP contribution in [0, 0.1) is 6.92 Å². The predicted molar refractivity (Wildman–Crippen MR) is 57.0 cm³/mol. The molecule has 1 aliphatic rings. The highest BCUT2D eigenvalue weighted by Gasteiger charge is 2.24. The van der Waals surface area contributed by atoms with E-state index >= 15 is 0 Å². The molecule has 72 valence electrons. The van der Waals surface area contributed by atoms with Crippen LogP contribution in [0.2, 0.25) is 0 Å². The lowest BCUT2D eigenvalue weighted by atomic mass is 10.0. The average molecular weight is 196 g/mol. The molecule has 0 bridgehead atoms. The number of nitrogens with one attached hydrogen (secondary N) is 1. The molecule has 1 saturated heterocycles. The van der Waals surface area contributed by atoms with Gasteiger partial charge in [0.05, 0.1) is 6.04 Å². The molecule has 3 heteroatoms. The Hall–Kier alpha value is -0.380. The molecular weight excluding hydrogens is 180 g/mol. The van der Waals surface area contributed by atoms with Crippen LogP contribution in [0.15, 0.2) is 11.4 Å². The summed E-state index contributed by atoms with van der Waals surface area (Å²) < 4.78 is 0. The SMILES string of the molecule is Cc1ccsc1C(N)C1CCCN1. The van der Waals surface area contributed by atoms with E-state index in [4.69, 9.17) is 5.73 Å². The van der Waals surface area contributed by atoms with E-state index < -0.39 is 0 Å². The van der Waals surface area contributed by atoms with Crippen molar-refractivity contribution in [2.75, 3.05) is 6.54 Å². The van der Waals surface area contributed by atoms with Crippen LogP contribution in [0.4, 0.5) is 0 Å². The molecule has 1 fully saturated rings. The summed E-state index contributed by atoms with van der Waals surface area (Å²) >= 11 is 1.78. The fraction of sp³-hybridized carbons (Fsp3) is 0.600. The zero-order chi connectivity index (χ0) is 9.26. The Balaban J connectivity index is 2.12. The standard InChI is InChI=1S/C10H16N2S/c1-7-4-6-13-10(7)9(11)8-3-2-5-12-8/h4,6,8-9,12H,2-3,5,11H2,1H3. The van der Waals surface area contributed by atoms with Gasteiger partial charge in [0.1, 0.15) is 0 Å². The molecule has 3 N–H and O–H groups in total. The normalized spacial score (nSPS) is 24.9. The fourth-order valence-electron chi connectivity index (χ4n) is 1.93. The quantitative estimate of drug-likeness (QED) is 0.757. The monoisotopic (exact) mass is 196 g/mol. The third kappa shape index (κ3) is 1.77. The van der Waals surface area contributed by atoms with E-state index in [1.54, 1.807) is 11.3 Å². The van der Waals surface area contributed by atoms with Gasteiger partial charge in [0.15, 0.2) is 0 Å². The van der Waals surface area contributed by atoms with Crippen molar-refractivity contribution < 1.29 is 0 Å². The van der Waals surface area contributed by atoms with Crippen molar-refractivity contribution in [3.63, 3.8) is 0 Å². The molecule has 2 rings (SSSR count). The molecule has 13 heavy (non-hydrogen) atoms. The van der Waals surface area contributed by atoms with Crippen molar-refractivity contribution in [3.05, 3.63) is 21.9 Å². The van der Waals surface area contributed by atoms with Gasteiger partial charge in [0.2, 0.25) is 0 Å². The fourth-order valence-corrected chi connectivity index (χ4v) is 2.92. The lowest BCUT2D eigenvalue weighted by Crippen LogP contribution is -2.33. The molecule has 1 aliphatic heterocycles. The third-order valence-corrected chi connectivity index (χ3v) is 3.86. The Kier molecular flexibility index (Phi) is 2.67. The molecule has 1 aromatic rings. The van der Waals surface area contributed by atoms with Crippen LogP contribution in [0.1, 0.15) is 29.3 Å². The summed E-state index contributed by atoms with van der Waals surface area (Å²) in [6.45, 7) is 3.27. The van der Waals surface area contributed by atoms with Crippen LogP contribution in [-0.2, 0) is 0 Å². The van der Waals surface area contributed by atoms with E-state index in [1.165, 1.54) is 23.3 Å². The van der Waals surface area contributed by atoms with Gasteiger partial charge in [-0.15, -0.1) is 11.3 Å². The van der Waals surface area contributed by atoms with Gasteiger partial charge in [-0.3, -0.25) is 0 Å². The van der Waals surface area contributed by atoms with Crippen molar-refractivity contribution in [1.82, 2.24) is 5.32 Å². The Morgan fingerprint density at radius 3 is 3.08 bits per heavy atom. The molecule has 0 aliphatic carbocycles. The maximum absolute atomic E-state index is 6.19. The second-order valence-corrected chi connectivity index (χ2v) is 4.64. The molecule has 2 nitrogen and oxygen atoms in total. The molecule has 0 saturated carbocycles. The van der Waals surface area contributed by atoms with E-state index in [0.717, 1.165) is 6.54 Å². The van der Waals surface area contributed by atoms with Gasteiger partial charge < -0.3 is 11.1 Å². The maximum atomic E-state index is 6.19. The van der Waals surface area contributed by atoms with E-state index in [2.05, 4.69) is 23.7 Å². The summed E-state index contributed by atoms with van der Waals surface area (Å²) in [6, 6.07) is 2.84. The van der Waals surface area contributed by atoms with E-state index in [-0.39, 0.29) is 6.04 Å². The summed E-state index contributed by atoms with van der Waals surface area (Å²) in [6.07, 6.45) is 2.49. The van der Waals surface area contributed by atoms with Crippen LogP contribution in [0.25, 0.3) is 0 Å². The van der Waals surface area contributed by atoms with Gasteiger partial charge in [-0.2, -0.15) is 0 Å². The molecule has 2 unspecified atom stereocenters.